The van der Waals surface area contributed by atoms with Crippen molar-refractivity contribution in [3.05, 3.63) is 71.1 Å². The SMILES string of the molecule is C=C1N(C)CCN1c1ccnc(NC(C)c2cn(-c3ccc(Cl)c(Cl)c3)cn2)n1. The van der Waals surface area contributed by atoms with Gasteiger partial charge in [-0.2, -0.15) is 4.98 Å². The van der Waals surface area contributed by atoms with Gasteiger partial charge in [-0.25, -0.2) is 9.97 Å². The lowest BCUT2D eigenvalue weighted by Crippen LogP contribution is -2.21. The summed E-state index contributed by atoms with van der Waals surface area (Å²) in [7, 11) is 2.02. The average molecular weight is 430 g/mol. The first kappa shape index (κ1) is 19.5. The van der Waals surface area contributed by atoms with Gasteiger partial charge in [-0.1, -0.05) is 29.8 Å². The Kier molecular flexibility index (Phi) is 5.34. The molecule has 29 heavy (non-hydrogen) atoms. The largest absolute Gasteiger partial charge is 0.360 e. The van der Waals surface area contributed by atoms with E-state index in [1.165, 1.54) is 0 Å². The molecule has 0 radical (unpaired) electrons. The second-order valence-corrected chi connectivity index (χ2v) is 7.71. The van der Waals surface area contributed by atoms with Gasteiger partial charge in [-0.3, -0.25) is 0 Å². The van der Waals surface area contributed by atoms with Crippen molar-refractivity contribution in [2.24, 2.45) is 0 Å². The normalized spacial score (nSPS) is 15.1. The van der Waals surface area contributed by atoms with Gasteiger partial charge in [0.15, 0.2) is 0 Å². The minimum absolute atomic E-state index is 0.0845. The molecule has 0 bridgehead atoms. The van der Waals surface area contributed by atoms with E-state index in [1.807, 2.05) is 36.9 Å². The zero-order valence-electron chi connectivity index (χ0n) is 16.2. The van der Waals surface area contributed by atoms with Gasteiger partial charge in [-0.15, -0.1) is 0 Å². The molecular weight excluding hydrogens is 409 g/mol. The quantitative estimate of drug-likeness (QED) is 0.649. The Morgan fingerprint density at radius 1 is 1.14 bits per heavy atom. The highest BCUT2D eigenvalue weighted by molar-refractivity contribution is 6.42. The fourth-order valence-electron chi connectivity index (χ4n) is 3.15. The topological polar surface area (TPSA) is 62.1 Å². The van der Waals surface area contributed by atoms with Crippen LogP contribution in [0.3, 0.4) is 0 Å². The van der Waals surface area contributed by atoms with Crippen LogP contribution in [0.25, 0.3) is 5.69 Å². The lowest BCUT2D eigenvalue weighted by Gasteiger charge is -2.20. The molecule has 150 valence electrons. The van der Waals surface area contributed by atoms with Crippen molar-refractivity contribution in [3.8, 4) is 5.69 Å². The van der Waals surface area contributed by atoms with Crippen molar-refractivity contribution in [1.29, 1.82) is 0 Å². The number of likely N-dealkylation sites (N-methyl/N-ethyl adjacent to an activating group) is 1. The number of hydrogen-bond acceptors (Lipinski definition) is 6. The molecule has 0 amide bonds. The Balaban J connectivity index is 1.49. The van der Waals surface area contributed by atoms with Crippen molar-refractivity contribution < 1.29 is 0 Å². The minimum Gasteiger partial charge on any atom is -0.360 e. The number of halogens is 2. The van der Waals surface area contributed by atoms with Crippen LogP contribution < -0.4 is 10.2 Å². The van der Waals surface area contributed by atoms with E-state index in [-0.39, 0.29) is 6.04 Å². The van der Waals surface area contributed by atoms with Crippen LogP contribution in [0.15, 0.2) is 55.4 Å². The number of benzene rings is 1. The molecule has 1 fully saturated rings. The zero-order chi connectivity index (χ0) is 20.5. The molecule has 2 aromatic heterocycles. The molecule has 3 heterocycles. The van der Waals surface area contributed by atoms with E-state index in [1.54, 1.807) is 24.7 Å². The molecule has 9 heteroatoms. The van der Waals surface area contributed by atoms with Crippen LogP contribution in [0.5, 0.6) is 0 Å². The van der Waals surface area contributed by atoms with Crippen molar-refractivity contribution >= 4 is 35.0 Å². The second kappa shape index (κ2) is 7.93. The van der Waals surface area contributed by atoms with Crippen molar-refractivity contribution in [2.75, 3.05) is 30.4 Å². The standard InChI is InChI=1S/C20H21Cl2N7/c1-13(18-11-28(12-24-18)15-4-5-16(21)17(22)10-15)25-20-23-7-6-19(26-20)29-9-8-27(3)14(29)2/h4-7,10-13H,2,8-9H2,1,3H3,(H,23,25,26). The van der Waals surface area contributed by atoms with Gasteiger partial charge >= 0.3 is 0 Å². The van der Waals surface area contributed by atoms with Crippen molar-refractivity contribution in [2.45, 2.75) is 13.0 Å². The maximum absolute atomic E-state index is 6.12. The number of anilines is 2. The Bertz CT molecular complexity index is 1050. The Hall–Kier alpha value is -2.77. The first-order chi connectivity index (χ1) is 13.9. The number of hydrogen-bond donors (Lipinski definition) is 1. The van der Waals surface area contributed by atoms with Gasteiger partial charge < -0.3 is 19.7 Å². The van der Waals surface area contributed by atoms with Gasteiger partial charge in [0.2, 0.25) is 5.95 Å². The van der Waals surface area contributed by atoms with E-state index < -0.39 is 0 Å². The third-order valence-electron chi connectivity index (χ3n) is 4.92. The third kappa shape index (κ3) is 4.02. The summed E-state index contributed by atoms with van der Waals surface area (Å²) >= 11 is 12.1. The van der Waals surface area contributed by atoms with E-state index in [9.17, 15) is 0 Å². The highest BCUT2D eigenvalue weighted by Crippen LogP contribution is 2.26. The maximum Gasteiger partial charge on any atom is 0.225 e. The van der Waals surface area contributed by atoms with Crippen molar-refractivity contribution in [1.82, 2.24) is 24.4 Å². The fourth-order valence-corrected chi connectivity index (χ4v) is 3.44. The van der Waals surface area contributed by atoms with Gasteiger partial charge in [0, 0.05) is 38.2 Å². The van der Waals surface area contributed by atoms with E-state index >= 15 is 0 Å². The number of nitrogens with zero attached hydrogens (tertiary/aromatic N) is 6. The number of imidazole rings is 1. The molecule has 1 saturated heterocycles. The van der Waals surface area contributed by atoms with Crippen molar-refractivity contribution in [3.63, 3.8) is 0 Å². The van der Waals surface area contributed by atoms with E-state index in [2.05, 4.69) is 36.6 Å². The van der Waals surface area contributed by atoms with Crippen LogP contribution in [0.2, 0.25) is 10.0 Å². The van der Waals surface area contributed by atoms with Gasteiger partial charge in [-0.05, 0) is 31.2 Å². The molecule has 1 aliphatic heterocycles. The minimum atomic E-state index is -0.0845. The van der Waals surface area contributed by atoms with E-state index in [0.717, 1.165) is 36.1 Å². The maximum atomic E-state index is 6.12. The van der Waals surface area contributed by atoms with Gasteiger partial charge in [0.1, 0.15) is 11.6 Å². The predicted octanol–water partition coefficient (Wildman–Crippen LogP) is 4.37. The lowest BCUT2D eigenvalue weighted by molar-refractivity contribution is 0.489. The van der Waals surface area contributed by atoms with Gasteiger partial charge in [0.25, 0.3) is 0 Å². The summed E-state index contributed by atoms with van der Waals surface area (Å²) in [6, 6.07) is 7.27. The Morgan fingerprint density at radius 3 is 2.69 bits per heavy atom. The highest BCUT2D eigenvalue weighted by Gasteiger charge is 2.22. The highest BCUT2D eigenvalue weighted by atomic mass is 35.5. The molecule has 7 nitrogen and oxygen atoms in total. The summed E-state index contributed by atoms with van der Waals surface area (Å²) in [5.41, 5.74) is 1.75. The Morgan fingerprint density at radius 2 is 1.97 bits per heavy atom. The lowest BCUT2D eigenvalue weighted by atomic mass is 10.2. The van der Waals surface area contributed by atoms with Crippen LogP contribution in [0.1, 0.15) is 18.7 Å². The van der Waals surface area contributed by atoms with E-state index in [0.29, 0.717) is 16.0 Å². The van der Waals surface area contributed by atoms with Crippen LogP contribution in [0, 0.1) is 0 Å². The molecule has 0 spiro atoms. The number of rotatable bonds is 5. The monoisotopic (exact) mass is 429 g/mol. The fraction of sp³-hybridized carbons (Fsp3) is 0.250. The van der Waals surface area contributed by atoms with Crippen LogP contribution in [-0.2, 0) is 0 Å². The summed E-state index contributed by atoms with van der Waals surface area (Å²) in [6.07, 6.45) is 5.43. The zero-order valence-corrected chi connectivity index (χ0v) is 17.7. The summed E-state index contributed by atoms with van der Waals surface area (Å²) in [5.74, 6) is 2.30. The number of aromatic nitrogens is 4. The first-order valence-corrected chi connectivity index (χ1v) is 9.94. The van der Waals surface area contributed by atoms with Crippen LogP contribution in [0.4, 0.5) is 11.8 Å². The Labute approximate surface area is 179 Å². The molecule has 1 aliphatic rings. The summed E-state index contributed by atoms with van der Waals surface area (Å²) in [5, 5.41) is 4.35. The molecule has 0 saturated carbocycles. The first-order valence-electron chi connectivity index (χ1n) is 9.19. The molecule has 1 atom stereocenters. The molecule has 1 unspecified atom stereocenters. The summed E-state index contributed by atoms with van der Waals surface area (Å²) < 4.78 is 1.90. The molecule has 1 N–H and O–H groups in total. The molecule has 3 aromatic rings. The molecular formula is C20H21Cl2N7. The third-order valence-corrected chi connectivity index (χ3v) is 5.66. The smallest absolute Gasteiger partial charge is 0.225 e. The predicted molar refractivity (Wildman–Crippen MR) is 117 cm³/mol. The van der Waals surface area contributed by atoms with Gasteiger partial charge in [0.05, 0.1) is 28.1 Å². The van der Waals surface area contributed by atoms with E-state index in [4.69, 9.17) is 23.2 Å². The average Bonchev–Trinajstić information content (AvgIpc) is 3.32. The summed E-state index contributed by atoms with van der Waals surface area (Å²) in [4.78, 5) is 17.7. The van der Waals surface area contributed by atoms with Crippen LogP contribution >= 0.6 is 23.2 Å². The molecule has 0 aliphatic carbocycles. The summed E-state index contributed by atoms with van der Waals surface area (Å²) in [6.45, 7) is 7.91. The molecule has 1 aromatic carbocycles. The number of nitrogens with one attached hydrogen (secondary N) is 1. The molecule has 4 rings (SSSR count). The second-order valence-electron chi connectivity index (χ2n) is 6.90. The van der Waals surface area contributed by atoms with Crippen LogP contribution in [-0.4, -0.2) is 44.6 Å².